The van der Waals surface area contributed by atoms with E-state index in [9.17, 15) is 9.18 Å². The highest BCUT2D eigenvalue weighted by Gasteiger charge is 2.32. The fourth-order valence-corrected chi connectivity index (χ4v) is 2.34. The summed E-state index contributed by atoms with van der Waals surface area (Å²) in [5, 5.41) is 2.82. The average Bonchev–Trinajstić information content (AvgIpc) is 2.83. The van der Waals surface area contributed by atoms with Crippen molar-refractivity contribution < 1.29 is 9.18 Å². The highest BCUT2D eigenvalue weighted by atomic mass is 19.1. The third-order valence-electron chi connectivity index (χ3n) is 3.27. The van der Waals surface area contributed by atoms with Crippen molar-refractivity contribution in [2.24, 2.45) is 0 Å². The number of hydrogen-bond acceptors (Lipinski definition) is 1. The summed E-state index contributed by atoms with van der Waals surface area (Å²) in [6.07, 6.45) is 0. The molecule has 1 heterocycles. The first-order valence-corrected chi connectivity index (χ1v) is 6.13. The standard InChI is InChI=1S/C15H13FN2O/c16-12-6-8-13(9-7-12)18-14(10-17-15(18)19)11-4-2-1-3-5-11/h1-9,14H,10H2,(H,17,19). The van der Waals surface area contributed by atoms with E-state index in [4.69, 9.17) is 0 Å². The van der Waals surface area contributed by atoms with Crippen LogP contribution in [0, 0.1) is 5.82 Å². The van der Waals surface area contributed by atoms with Crippen LogP contribution in [0.4, 0.5) is 14.9 Å². The molecule has 1 aliphatic rings. The van der Waals surface area contributed by atoms with E-state index in [1.165, 1.54) is 12.1 Å². The Hall–Kier alpha value is -2.36. The highest BCUT2D eigenvalue weighted by Crippen LogP contribution is 2.30. The lowest BCUT2D eigenvalue weighted by atomic mass is 10.1. The number of rotatable bonds is 2. The number of amides is 2. The molecule has 96 valence electrons. The zero-order valence-corrected chi connectivity index (χ0v) is 10.2. The second kappa shape index (κ2) is 4.72. The largest absolute Gasteiger partial charge is 0.335 e. The first-order chi connectivity index (χ1) is 9.25. The van der Waals surface area contributed by atoms with Crippen LogP contribution in [0.5, 0.6) is 0 Å². The number of benzene rings is 2. The molecule has 1 saturated heterocycles. The Bertz CT molecular complexity index is 583. The summed E-state index contributed by atoms with van der Waals surface area (Å²) in [4.78, 5) is 13.6. The number of hydrogen-bond donors (Lipinski definition) is 1. The first kappa shape index (κ1) is 11.7. The molecular formula is C15H13FN2O. The Morgan fingerprint density at radius 1 is 1.05 bits per heavy atom. The normalized spacial score (nSPS) is 18.5. The quantitative estimate of drug-likeness (QED) is 0.879. The van der Waals surface area contributed by atoms with E-state index < -0.39 is 0 Å². The molecule has 2 amide bonds. The zero-order valence-electron chi connectivity index (χ0n) is 10.2. The van der Waals surface area contributed by atoms with Gasteiger partial charge in [0.25, 0.3) is 0 Å². The molecule has 0 aliphatic carbocycles. The van der Waals surface area contributed by atoms with Crippen molar-refractivity contribution in [1.82, 2.24) is 5.32 Å². The number of nitrogens with one attached hydrogen (secondary N) is 1. The Morgan fingerprint density at radius 3 is 2.42 bits per heavy atom. The summed E-state index contributed by atoms with van der Waals surface area (Å²) in [5.41, 5.74) is 1.76. The van der Waals surface area contributed by atoms with Gasteiger partial charge in [0.1, 0.15) is 5.82 Å². The molecule has 3 nitrogen and oxygen atoms in total. The minimum Gasteiger partial charge on any atom is -0.335 e. The van der Waals surface area contributed by atoms with Crippen molar-refractivity contribution in [2.45, 2.75) is 6.04 Å². The minimum atomic E-state index is -0.306. The van der Waals surface area contributed by atoms with Crippen molar-refractivity contribution in [1.29, 1.82) is 0 Å². The Balaban J connectivity index is 1.97. The van der Waals surface area contributed by atoms with Crippen LogP contribution in [0.15, 0.2) is 54.6 Å². The molecule has 3 rings (SSSR count). The van der Waals surface area contributed by atoms with Crippen LogP contribution >= 0.6 is 0 Å². The number of carbonyl (C=O) groups excluding carboxylic acids is 1. The number of halogens is 1. The monoisotopic (exact) mass is 256 g/mol. The molecule has 1 unspecified atom stereocenters. The molecule has 0 aromatic heterocycles. The first-order valence-electron chi connectivity index (χ1n) is 6.13. The number of anilines is 1. The van der Waals surface area contributed by atoms with E-state index >= 15 is 0 Å². The third-order valence-corrected chi connectivity index (χ3v) is 3.27. The van der Waals surface area contributed by atoms with E-state index in [1.807, 2.05) is 30.3 Å². The van der Waals surface area contributed by atoms with Crippen LogP contribution in [0.25, 0.3) is 0 Å². The summed E-state index contributed by atoms with van der Waals surface area (Å²) in [6.45, 7) is 0.556. The van der Waals surface area contributed by atoms with Gasteiger partial charge in [0, 0.05) is 12.2 Å². The SMILES string of the molecule is O=C1NCC(c2ccccc2)N1c1ccc(F)cc1. The van der Waals surface area contributed by atoms with E-state index in [2.05, 4.69) is 5.32 Å². The van der Waals surface area contributed by atoms with E-state index in [0.29, 0.717) is 12.2 Å². The summed E-state index contributed by atoms with van der Waals surface area (Å²) < 4.78 is 13.0. The van der Waals surface area contributed by atoms with Crippen molar-refractivity contribution in [2.75, 3.05) is 11.4 Å². The molecule has 0 spiro atoms. The van der Waals surface area contributed by atoms with Gasteiger partial charge in [0.2, 0.25) is 0 Å². The average molecular weight is 256 g/mol. The van der Waals surface area contributed by atoms with Crippen molar-refractivity contribution >= 4 is 11.7 Å². The van der Waals surface area contributed by atoms with E-state index in [-0.39, 0.29) is 17.9 Å². The third kappa shape index (κ3) is 2.17. The Labute approximate surface area is 110 Å². The summed E-state index contributed by atoms with van der Waals surface area (Å²) in [5.74, 6) is -0.306. The fourth-order valence-electron chi connectivity index (χ4n) is 2.34. The number of nitrogens with zero attached hydrogens (tertiary/aromatic N) is 1. The molecule has 2 aromatic carbocycles. The maximum Gasteiger partial charge on any atom is 0.322 e. The fraction of sp³-hybridized carbons (Fsp3) is 0.133. The lowest BCUT2D eigenvalue weighted by Gasteiger charge is -2.23. The minimum absolute atomic E-state index is 0.0563. The molecule has 19 heavy (non-hydrogen) atoms. The van der Waals surface area contributed by atoms with Gasteiger partial charge < -0.3 is 5.32 Å². The van der Waals surface area contributed by atoms with Crippen LogP contribution in [0.2, 0.25) is 0 Å². The van der Waals surface area contributed by atoms with Crippen LogP contribution < -0.4 is 10.2 Å². The van der Waals surface area contributed by atoms with Crippen LogP contribution in [-0.2, 0) is 0 Å². The lowest BCUT2D eigenvalue weighted by molar-refractivity contribution is 0.251. The second-order valence-electron chi connectivity index (χ2n) is 4.46. The molecule has 0 saturated carbocycles. The molecule has 0 bridgehead atoms. The molecule has 1 N–H and O–H groups in total. The van der Waals surface area contributed by atoms with E-state index in [1.54, 1.807) is 17.0 Å². The van der Waals surface area contributed by atoms with Gasteiger partial charge in [0.15, 0.2) is 0 Å². The molecule has 2 aromatic rings. The summed E-state index contributed by atoms with van der Waals surface area (Å²) >= 11 is 0. The van der Waals surface area contributed by atoms with E-state index in [0.717, 1.165) is 5.56 Å². The van der Waals surface area contributed by atoms with Gasteiger partial charge >= 0.3 is 6.03 Å². The van der Waals surface area contributed by atoms with Crippen molar-refractivity contribution in [3.63, 3.8) is 0 Å². The predicted molar refractivity (Wildman–Crippen MR) is 71.5 cm³/mol. The zero-order chi connectivity index (χ0) is 13.2. The molecule has 4 heteroatoms. The van der Waals surface area contributed by atoms with Gasteiger partial charge in [0.05, 0.1) is 6.04 Å². The van der Waals surface area contributed by atoms with Crippen molar-refractivity contribution in [3.05, 3.63) is 66.0 Å². The van der Waals surface area contributed by atoms with Gasteiger partial charge in [-0.05, 0) is 29.8 Å². The number of carbonyl (C=O) groups is 1. The maximum absolute atomic E-state index is 13.0. The molecule has 1 aliphatic heterocycles. The highest BCUT2D eigenvalue weighted by molar-refractivity contribution is 5.95. The number of urea groups is 1. The predicted octanol–water partition coefficient (Wildman–Crippen LogP) is 3.10. The molecule has 1 fully saturated rings. The Morgan fingerprint density at radius 2 is 1.74 bits per heavy atom. The van der Waals surface area contributed by atoms with Crippen molar-refractivity contribution in [3.8, 4) is 0 Å². The smallest absolute Gasteiger partial charge is 0.322 e. The lowest BCUT2D eigenvalue weighted by Crippen LogP contribution is -2.29. The van der Waals surface area contributed by atoms with Gasteiger partial charge in [-0.15, -0.1) is 0 Å². The second-order valence-corrected chi connectivity index (χ2v) is 4.46. The molecule has 0 radical (unpaired) electrons. The summed E-state index contributed by atoms with van der Waals surface area (Å²) in [6, 6.07) is 15.6. The Kier molecular flexibility index (Phi) is 2.91. The van der Waals surface area contributed by atoms with Crippen LogP contribution in [0.1, 0.15) is 11.6 Å². The maximum atomic E-state index is 13.0. The van der Waals surface area contributed by atoms with Crippen LogP contribution in [-0.4, -0.2) is 12.6 Å². The van der Waals surface area contributed by atoms with Gasteiger partial charge in [-0.3, -0.25) is 4.90 Å². The van der Waals surface area contributed by atoms with Gasteiger partial charge in [-0.1, -0.05) is 30.3 Å². The molecule has 1 atom stereocenters. The van der Waals surface area contributed by atoms with Crippen LogP contribution in [0.3, 0.4) is 0 Å². The molecular weight excluding hydrogens is 243 g/mol. The summed E-state index contributed by atoms with van der Waals surface area (Å²) in [7, 11) is 0. The topological polar surface area (TPSA) is 32.3 Å². The van der Waals surface area contributed by atoms with Gasteiger partial charge in [-0.2, -0.15) is 0 Å². The van der Waals surface area contributed by atoms with Gasteiger partial charge in [-0.25, -0.2) is 9.18 Å².